The fourth-order valence-corrected chi connectivity index (χ4v) is 6.53. The van der Waals surface area contributed by atoms with Crippen molar-refractivity contribution in [1.29, 1.82) is 0 Å². The number of esters is 1. The zero-order chi connectivity index (χ0) is 26.3. The summed E-state index contributed by atoms with van der Waals surface area (Å²) in [6, 6.07) is 17.6. The average molecular weight is 513 g/mol. The highest BCUT2D eigenvalue weighted by atomic mass is 32.1. The van der Waals surface area contributed by atoms with Gasteiger partial charge in [-0.3, -0.25) is 4.79 Å². The molecule has 6 heteroatoms. The Morgan fingerprint density at radius 3 is 2.59 bits per heavy atom. The zero-order valence-corrected chi connectivity index (χ0v) is 22.8. The number of nitrogens with one attached hydrogen (secondary N) is 1. The number of ether oxygens (including phenoxy) is 1. The molecule has 2 aromatic heterocycles. The minimum absolute atomic E-state index is 0.179. The Bertz CT molecular complexity index is 1510. The van der Waals surface area contributed by atoms with Gasteiger partial charge in [0.05, 0.1) is 29.4 Å². The molecule has 0 saturated heterocycles. The van der Waals surface area contributed by atoms with Crippen molar-refractivity contribution in [2.24, 2.45) is 11.3 Å². The molecule has 4 aromatic rings. The number of thiophene rings is 1. The van der Waals surface area contributed by atoms with Crippen molar-refractivity contribution in [3.8, 4) is 11.3 Å². The highest BCUT2D eigenvalue weighted by molar-refractivity contribution is 7.17. The summed E-state index contributed by atoms with van der Waals surface area (Å²) in [4.78, 5) is 32.7. The molecule has 0 aliphatic heterocycles. The predicted molar refractivity (Wildman–Crippen MR) is 150 cm³/mol. The number of nitrogens with zero attached hydrogens (tertiary/aromatic N) is 1. The summed E-state index contributed by atoms with van der Waals surface area (Å²) in [6.45, 7) is 8.83. The van der Waals surface area contributed by atoms with E-state index in [1.165, 1.54) is 23.3 Å². The quantitative estimate of drug-likeness (QED) is 0.288. The standard InChI is InChI=1S/C31H32N2O3S/c1-18-9-8-10-19(15-18)25-17-23(21-11-6-7-12-24(21)32-25)28(34)33-29-27(30(35)36-5)22-14-13-20(31(2,3)4)16-26(22)37-29/h6-12,15,17,20H,13-14,16H2,1-5H3,(H,33,34). The van der Waals surface area contributed by atoms with E-state index in [9.17, 15) is 9.59 Å². The van der Waals surface area contributed by atoms with E-state index in [0.717, 1.165) is 52.5 Å². The van der Waals surface area contributed by atoms with Gasteiger partial charge in [-0.2, -0.15) is 0 Å². The molecule has 2 aromatic carbocycles. The van der Waals surface area contributed by atoms with Crippen molar-refractivity contribution in [2.45, 2.75) is 47.0 Å². The van der Waals surface area contributed by atoms with Crippen LogP contribution in [0, 0.1) is 18.3 Å². The number of methoxy groups -OCH3 is 1. The number of para-hydroxylation sites is 1. The summed E-state index contributed by atoms with van der Waals surface area (Å²) < 4.78 is 5.15. The number of hydrogen-bond acceptors (Lipinski definition) is 5. The van der Waals surface area contributed by atoms with Gasteiger partial charge in [0.2, 0.25) is 0 Å². The van der Waals surface area contributed by atoms with E-state index in [1.807, 2.05) is 55.5 Å². The van der Waals surface area contributed by atoms with E-state index in [1.54, 1.807) is 0 Å². The average Bonchev–Trinajstić information content (AvgIpc) is 3.24. The number of benzene rings is 2. The van der Waals surface area contributed by atoms with Crippen molar-refractivity contribution >= 4 is 39.1 Å². The van der Waals surface area contributed by atoms with Crippen LogP contribution in [0.15, 0.2) is 54.6 Å². The van der Waals surface area contributed by atoms with E-state index in [-0.39, 0.29) is 11.3 Å². The second kappa shape index (κ2) is 9.75. The molecular weight excluding hydrogens is 480 g/mol. The molecule has 5 nitrogen and oxygen atoms in total. The van der Waals surface area contributed by atoms with Crippen molar-refractivity contribution in [1.82, 2.24) is 4.98 Å². The van der Waals surface area contributed by atoms with E-state index in [2.05, 4.69) is 32.2 Å². The predicted octanol–water partition coefficient (Wildman–Crippen LogP) is 7.46. The maximum absolute atomic E-state index is 13.8. The second-order valence-corrected chi connectivity index (χ2v) is 12.0. The molecule has 0 spiro atoms. The first-order valence-corrected chi connectivity index (χ1v) is 13.5. The zero-order valence-electron chi connectivity index (χ0n) is 22.0. The van der Waals surface area contributed by atoms with E-state index in [0.29, 0.717) is 22.0 Å². The number of hydrogen-bond donors (Lipinski definition) is 1. The van der Waals surface area contributed by atoms with Crippen LogP contribution in [-0.4, -0.2) is 24.0 Å². The highest BCUT2D eigenvalue weighted by Gasteiger charge is 2.34. The van der Waals surface area contributed by atoms with Gasteiger partial charge in [-0.1, -0.05) is 62.7 Å². The molecule has 1 aliphatic rings. The van der Waals surface area contributed by atoms with E-state index >= 15 is 0 Å². The van der Waals surface area contributed by atoms with Gasteiger partial charge in [-0.25, -0.2) is 9.78 Å². The molecule has 37 heavy (non-hydrogen) atoms. The van der Waals surface area contributed by atoms with Gasteiger partial charge in [0.1, 0.15) is 5.00 Å². The minimum atomic E-state index is -0.401. The molecule has 2 heterocycles. The fourth-order valence-electron chi connectivity index (χ4n) is 5.22. The Balaban J connectivity index is 1.56. The molecule has 0 fully saturated rings. The Morgan fingerprint density at radius 2 is 1.86 bits per heavy atom. The van der Waals surface area contributed by atoms with Crippen molar-refractivity contribution in [2.75, 3.05) is 12.4 Å². The summed E-state index contributed by atoms with van der Waals surface area (Å²) in [5.74, 6) is -0.139. The molecule has 1 N–H and O–H groups in total. The minimum Gasteiger partial charge on any atom is -0.465 e. The fraction of sp³-hybridized carbons (Fsp3) is 0.323. The maximum atomic E-state index is 13.8. The smallest absolute Gasteiger partial charge is 0.341 e. The van der Waals surface area contributed by atoms with Gasteiger partial charge >= 0.3 is 5.97 Å². The molecule has 1 aliphatic carbocycles. The maximum Gasteiger partial charge on any atom is 0.341 e. The molecule has 0 bridgehead atoms. The summed E-state index contributed by atoms with van der Waals surface area (Å²) >= 11 is 1.51. The largest absolute Gasteiger partial charge is 0.465 e. The Labute approximate surface area is 221 Å². The number of aryl methyl sites for hydroxylation is 1. The highest BCUT2D eigenvalue weighted by Crippen LogP contribution is 2.44. The second-order valence-electron chi connectivity index (χ2n) is 10.9. The number of aromatic nitrogens is 1. The van der Waals surface area contributed by atoms with Gasteiger partial charge < -0.3 is 10.1 Å². The summed E-state index contributed by atoms with van der Waals surface area (Å²) in [6.07, 6.45) is 2.72. The van der Waals surface area contributed by atoms with Crippen molar-refractivity contribution in [3.05, 3.63) is 81.7 Å². The van der Waals surface area contributed by atoms with Gasteiger partial charge in [0, 0.05) is 15.8 Å². The van der Waals surface area contributed by atoms with Crippen LogP contribution in [0.1, 0.15) is 63.9 Å². The molecular formula is C31H32N2O3S. The molecule has 190 valence electrons. The normalized spacial score (nSPS) is 15.3. The SMILES string of the molecule is COC(=O)c1c(NC(=O)c2cc(-c3cccc(C)c3)nc3ccccc23)sc2c1CCC(C(C)(C)C)C2. The summed E-state index contributed by atoms with van der Waals surface area (Å²) in [5, 5.41) is 4.42. The van der Waals surface area contributed by atoms with Crippen LogP contribution in [0.3, 0.4) is 0 Å². The number of pyridine rings is 1. The van der Waals surface area contributed by atoms with Gasteiger partial charge in [-0.05, 0) is 61.3 Å². The molecule has 0 radical (unpaired) electrons. The first-order chi connectivity index (χ1) is 17.7. The number of amides is 1. The van der Waals surface area contributed by atoms with Gasteiger partial charge in [0.15, 0.2) is 0 Å². The van der Waals surface area contributed by atoms with Crippen LogP contribution in [0.4, 0.5) is 5.00 Å². The first kappa shape index (κ1) is 25.2. The van der Waals surface area contributed by atoms with Gasteiger partial charge in [0.25, 0.3) is 5.91 Å². The summed E-state index contributed by atoms with van der Waals surface area (Å²) in [7, 11) is 1.39. The monoisotopic (exact) mass is 512 g/mol. The topological polar surface area (TPSA) is 68.3 Å². The third-order valence-electron chi connectivity index (χ3n) is 7.38. The van der Waals surface area contributed by atoms with Crippen LogP contribution in [0.2, 0.25) is 0 Å². The van der Waals surface area contributed by atoms with Crippen LogP contribution in [0.25, 0.3) is 22.2 Å². The third-order valence-corrected chi connectivity index (χ3v) is 8.55. The van der Waals surface area contributed by atoms with Crippen LogP contribution in [0.5, 0.6) is 0 Å². The van der Waals surface area contributed by atoms with Crippen LogP contribution < -0.4 is 5.32 Å². The molecule has 1 unspecified atom stereocenters. The number of fused-ring (bicyclic) bond motifs is 2. The number of anilines is 1. The third kappa shape index (κ3) is 4.90. The molecule has 1 atom stereocenters. The van der Waals surface area contributed by atoms with Crippen molar-refractivity contribution < 1.29 is 14.3 Å². The lowest BCUT2D eigenvalue weighted by molar-refractivity contribution is 0.0600. The lowest BCUT2D eigenvalue weighted by atomic mass is 9.72. The lowest BCUT2D eigenvalue weighted by Crippen LogP contribution is -2.26. The van der Waals surface area contributed by atoms with Crippen LogP contribution in [-0.2, 0) is 17.6 Å². The van der Waals surface area contributed by atoms with Gasteiger partial charge in [-0.15, -0.1) is 11.3 Å². The Morgan fingerprint density at radius 1 is 1.08 bits per heavy atom. The molecule has 0 saturated carbocycles. The first-order valence-electron chi connectivity index (χ1n) is 12.7. The molecule has 5 rings (SSSR count). The van der Waals surface area contributed by atoms with E-state index in [4.69, 9.17) is 9.72 Å². The van der Waals surface area contributed by atoms with Crippen LogP contribution >= 0.6 is 11.3 Å². The number of rotatable bonds is 4. The Hall–Kier alpha value is -3.51. The number of carbonyl (C=O) groups is 2. The summed E-state index contributed by atoms with van der Waals surface area (Å²) in [5.41, 5.74) is 5.79. The molecule has 1 amide bonds. The van der Waals surface area contributed by atoms with E-state index < -0.39 is 5.97 Å². The van der Waals surface area contributed by atoms with Crippen molar-refractivity contribution in [3.63, 3.8) is 0 Å². The Kier molecular flexibility index (Phi) is 6.63. The number of carbonyl (C=O) groups excluding carboxylic acids is 2. The lowest BCUT2D eigenvalue weighted by Gasteiger charge is -2.33.